The van der Waals surface area contributed by atoms with E-state index in [-0.39, 0.29) is 18.7 Å². The molecule has 102 valence electrons. The van der Waals surface area contributed by atoms with E-state index in [4.69, 9.17) is 15.2 Å². The third-order valence-electron chi connectivity index (χ3n) is 2.93. The maximum atomic E-state index is 9.28. The maximum absolute atomic E-state index is 9.28. The first-order chi connectivity index (χ1) is 8.54. The molecule has 0 aliphatic rings. The molecule has 5 nitrogen and oxygen atoms in total. The standard InChI is InChI=1S/C13H22N2O3/c1-15(2)13(11(14)8-16)10-7-9(17-3)5-6-12(10)18-4/h5-7,11,13,16H,8,14H2,1-4H3. The molecule has 0 bridgehead atoms. The highest BCUT2D eigenvalue weighted by molar-refractivity contribution is 5.43. The quantitative estimate of drug-likeness (QED) is 0.779. The number of ether oxygens (including phenoxy) is 2. The van der Waals surface area contributed by atoms with Crippen molar-refractivity contribution >= 4 is 0 Å². The summed E-state index contributed by atoms with van der Waals surface area (Å²) in [4.78, 5) is 1.96. The molecular weight excluding hydrogens is 232 g/mol. The highest BCUT2D eigenvalue weighted by atomic mass is 16.5. The Hall–Kier alpha value is -1.30. The predicted molar refractivity (Wildman–Crippen MR) is 71.0 cm³/mol. The van der Waals surface area contributed by atoms with Gasteiger partial charge in [-0.1, -0.05) is 0 Å². The third kappa shape index (κ3) is 3.13. The number of nitrogens with zero attached hydrogens (tertiary/aromatic N) is 1. The van der Waals surface area contributed by atoms with Gasteiger partial charge in [-0.25, -0.2) is 0 Å². The summed E-state index contributed by atoms with van der Waals surface area (Å²) in [7, 11) is 7.06. The smallest absolute Gasteiger partial charge is 0.123 e. The van der Waals surface area contributed by atoms with E-state index in [2.05, 4.69) is 0 Å². The molecule has 18 heavy (non-hydrogen) atoms. The van der Waals surface area contributed by atoms with Gasteiger partial charge in [0.25, 0.3) is 0 Å². The lowest BCUT2D eigenvalue weighted by Gasteiger charge is -2.30. The Bertz CT molecular complexity index is 382. The summed E-state index contributed by atoms with van der Waals surface area (Å²) in [6.45, 7) is -0.0940. The zero-order chi connectivity index (χ0) is 13.7. The summed E-state index contributed by atoms with van der Waals surface area (Å²) < 4.78 is 10.6. The van der Waals surface area contributed by atoms with Crippen LogP contribution < -0.4 is 15.2 Å². The number of likely N-dealkylation sites (N-methyl/N-ethyl adjacent to an activating group) is 1. The average molecular weight is 254 g/mol. The number of aliphatic hydroxyl groups is 1. The Morgan fingerprint density at radius 3 is 2.39 bits per heavy atom. The summed E-state index contributed by atoms with van der Waals surface area (Å²) >= 11 is 0. The summed E-state index contributed by atoms with van der Waals surface area (Å²) in [6.07, 6.45) is 0. The van der Waals surface area contributed by atoms with Crippen LogP contribution in [-0.2, 0) is 0 Å². The van der Waals surface area contributed by atoms with Crippen LogP contribution in [0.25, 0.3) is 0 Å². The minimum Gasteiger partial charge on any atom is -0.497 e. The Kier molecular flexibility index (Phi) is 5.40. The molecule has 0 aromatic heterocycles. The molecule has 0 radical (unpaired) electrons. The summed E-state index contributed by atoms with van der Waals surface area (Å²) in [5.41, 5.74) is 6.88. The van der Waals surface area contributed by atoms with Gasteiger partial charge in [0, 0.05) is 11.6 Å². The van der Waals surface area contributed by atoms with Crippen molar-refractivity contribution < 1.29 is 14.6 Å². The molecule has 0 fully saturated rings. The monoisotopic (exact) mass is 254 g/mol. The topological polar surface area (TPSA) is 68.0 Å². The van der Waals surface area contributed by atoms with Crippen molar-refractivity contribution in [2.24, 2.45) is 5.73 Å². The summed E-state index contributed by atoms with van der Waals surface area (Å²) in [5.74, 6) is 1.47. The highest BCUT2D eigenvalue weighted by Crippen LogP contribution is 2.33. The van der Waals surface area contributed by atoms with Crippen LogP contribution in [0.1, 0.15) is 11.6 Å². The zero-order valence-corrected chi connectivity index (χ0v) is 11.4. The lowest BCUT2D eigenvalue weighted by molar-refractivity contribution is 0.178. The van der Waals surface area contributed by atoms with E-state index in [1.165, 1.54) is 0 Å². The van der Waals surface area contributed by atoms with E-state index in [1.54, 1.807) is 14.2 Å². The van der Waals surface area contributed by atoms with E-state index in [0.717, 1.165) is 17.1 Å². The van der Waals surface area contributed by atoms with E-state index in [1.807, 2.05) is 37.2 Å². The van der Waals surface area contributed by atoms with Crippen LogP contribution in [0.5, 0.6) is 11.5 Å². The van der Waals surface area contributed by atoms with Crippen molar-refractivity contribution in [3.63, 3.8) is 0 Å². The average Bonchev–Trinajstić information content (AvgIpc) is 2.38. The zero-order valence-electron chi connectivity index (χ0n) is 11.4. The molecule has 0 saturated carbocycles. The van der Waals surface area contributed by atoms with E-state index < -0.39 is 0 Å². The molecule has 0 aliphatic carbocycles. The molecule has 1 rings (SSSR count). The van der Waals surface area contributed by atoms with Gasteiger partial charge in [-0.2, -0.15) is 0 Å². The second-order valence-corrected chi connectivity index (χ2v) is 4.36. The van der Waals surface area contributed by atoms with Gasteiger partial charge in [-0.05, 0) is 32.3 Å². The lowest BCUT2D eigenvalue weighted by Crippen LogP contribution is -2.40. The second kappa shape index (κ2) is 6.58. The number of aliphatic hydroxyl groups excluding tert-OH is 1. The molecule has 0 spiro atoms. The molecule has 0 heterocycles. The van der Waals surface area contributed by atoms with Crippen molar-refractivity contribution in [3.8, 4) is 11.5 Å². The fraction of sp³-hybridized carbons (Fsp3) is 0.538. The van der Waals surface area contributed by atoms with E-state index in [0.29, 0.717) is 0 Å². The number of benzene rings is 1. The Morgan fingerprint density at radius 1 is 1.28 bits per heavy atom. The fourth-order valence-corrected chi connectivity index (χ4v) is 2.06. The molecule has 3 N–H and O–H groups in total. The van der Waals surface area contributed by atoms with Gasteiger partial charge < -0.3 is 25.2 Å². The van der Waals surface area contributed by atoms with Crippen LogP contribution in [0.15, 0.2) is 18.2 Å². The number of hydrogen-bond acceptors (Lipinski definition) is 5. The third-order valence-corrected chi connectivity index (χ3v) is 2.93. The van der Waals surface area contributed by atoms with Gasteiger partial charge in [-0.15, -0.1) is 0 Å². The Balaban J connectivity index is 3.24. The van der Waals surface area contributed by atoms with Crippen LogP contribution in [0.3, 0.4) is 0 Å². The maximum Gasteiger partial charge on any atom is 0.123 e. The molecule has 0 amide bonds. The number of methoxy groups -OCH3 is 2. The first kappa shape index (κ1) is 14.8. The molecule has 1 aromatic carbocycles. The van der Waals surface area contributed by atoms with Crippen molar-refractivity contribution in [2.45, 2.75) is 12.1 Å². The molecular formula is C13H22N2O3. The van der Waals surface area contributed by atoms with Crippen molar-refractivity contribution in [1.82, 2.24) is 4.90 Å². The van der Waals surface area contributed by atoms with Gasteiger partial charge in [0.1, 0.15) is 11.5 Å². The molecule has 1 aromatic rings. The number of hydrogen-bond donors (Lipinski definition) is 2. The largest absolute Gasteiger partial charge is 0.497 e. The van der Waals surface area contributed by atoms with Crippen LogP contribution in [-0.4, -0.2) is 51.0 Å². The van der Waals surface area contributed by atoms with Crippen molar-refractivity contribution in [2.75, 3.05) is 34.9 Å². The summed E-state index contributed by atoms with van der Waals surface area (Å²) in [6, 6.07) is 5.04. The number of nitrogens with two attached hydrogens (primary N) is 1. The van der Waals surface area contributed by atoms with Gasteiger partial charge in [0.15, 0.2) is 0 Å². The lowest BCUT2D eigenvalue weighted by atomic mass is 9.98. The molecule has 0 aliphatic heterocycles. The molecule has 5 heteroatoms. The SMILES string of the molecule is COc1ccc(OC)c(C(C(N)CO)N(C)C)c1. The van der Waals surface area contributed by atoms with Crippen LogP contribution in [0, 0.1) is 0 Å². The van der Waals surface area contributed by atoms with Crippen LogP contribution in [0.2, 0.25) is 0 Å². The molecule has 2 atom stereocenters. The predicted octanol–water partition coefficient (Wildman–Crippen LogP) is 0.626. The normalized spacial score (nSPS) is 14.4. The van der Waals surface area contributed by atoms with Gasteiger partial charge in [0.05, 0.1) is 26.9 Å². The Morgan fingerprint density at radius 2 is 1.94 bits per heavy atom. The van der Waals surface area contributed by atoms with Gasteiger partial charge >= 0.3 is 0 Å². The van der Waals surface area contributed by atoms with Crippen molar-refractivity contribution in [1.29, 1.82) is 0 Å². The first-order valence-electron chi connectivity index (χ1n) is 5.80. The van der Waals surface area contributed by atoms with E-state index >= 15 is 0 Å². The van der Waals surface area contributed by atoms with Gasteiger partial charge in [0.2, 0.25) is 0 Å². The minimum absolute atomic E-state index is 0.0940. The fourth-order valence-electron chi connectivity index (χ4n) is 2.06. The molecule has 2 unspecified atom stereocenters. The minimum atomic E-state index is -0.388. The Labute approximate surface area is 108 Å². The summed E-state index contributed by atoms with van der Waals surface area (Å²) in [5, 5.41) is 9.28. The molecule has 0 saturated heterocycles. The number of rotatable bonds is 6. The van der Waals surface area contributed by atoms with Crippen LogP contribution >= 0.6 is 0 Å². The van der Waals surface area contributed by atoms with Crippen LogP contribution in [0.4, 0.5) is 0 Å². The van der Waals surface area contributed by atoms with Crippen molar-refractivity contribution in [3.05, 3.63) is 23.8 Å². The first-order valence-corrected chi connectivity index (χ1v) is 5.80. The highest BCUT2D eigenvalue weighted by Gasteiger charge is 2.25. The van der Waals surface area contributed by atoms with Gasteiger partial charge in [-0.3, -0.25) is 0 Å². The second-order valence-electron chi connectivity index (χ2n) is 4.36. The van der Waals surface area contributed by atoms with E-state index in [9.17, 15) is 5.11 Å².